The van der Waals surface area contributed by atoms with Gasteiger partial charge in [0.1, 0.15) is 17.1 Å². The second-order valence-electron chi connectivity index (χ2n) is 4.54. The van der Waals surface area contributed by atoms with Gasteiger partial charge in [-0.05, 0) is 30.7 Å². The lowest BCUT2D eigenvalue weighted by Crippen LogP contribution is -2.04. The van der Waals surface area contributed by atoms with Crippen molar-refractivity contribution in [3.63, 3.8) is 0 Å². The summed E-state index contributed by atoms with van der Waals surface area (Å²) >= 11 is 0. The third-order valence-electron chi connectivity index (χ3n) is 3.31. The maximum absolute atomic E-state index is 14.2. The van der Waals surface area contributed by atoms with Gasteiger partial charge >= 0.3 is 0 Å². The summed E-state index contributed by atoms with van der Waals surface area (Å²) < 4.78 is 21.0. The minimum Gasteiger partial charge on any atom is -0.494 e. The minimum atomic E-state index is -0.334. The van der Waals surface area contributed by atoms with Crippen LogP contribution in [0.5, 0.6) is 5.75 Å². The number of anilines is 1. The molecule has 0 aliphatic rings. The Labute approximate surface area is 115 Å². The Hall–Kier alpha value is -2.56. The predicted molar refractivity (Wildman–Crippen MR) is 76.7 cm³/mol. The number of methoxy groups -OCH3 is 1. The van der Waals surface area contributed by atoms with E-state index in [0.29, 0.717) is 17.0 Å². The van der Waals surface area contributed by atoms with E-state index in [0.717, 1.165) is 11.1 Å². The Morgan fingerprint density at radius 2 is 1.95 bits per heavy atom. The summed E-state index contributed by atoms with van der Waals surface area (Å²) in [4.78, 5) is 4.29. The molecule has 1 aromatic heterocycles. The number of nitrogens with two attached hydrogens (primary N) is 1. The highest BCUT2D eigenvalue weighted by molar-refractivity contribution is 5.86. The number of aromatic nitrogens is 2. The first kappa shape index (κ1) is 12.5. The number of benzene rings is 2. The Kier molecular flexibility index (Phi) is 2.82. The zero-order valence-corrected chi connectivity index (χ0v) is 11.2. The van der Waals surface area contributed by atoms with Gasteiger partial charge < -0.3 is 10.5 Å². The van der Waals surface area contributed by atoms with Crippen LogP contribution < -0.4 is 10.5 Å². The van der Waals surface area contributed by atoms with Crippen molar-refractivity contribution in [1.29, 1.82) is 0 Å². The molecule has 3 aromatic rings. The number of aryl methyl sites for hydroxylation is 1. The maximum atomic E-state index is 14.2. The molecule has 0 atom stereocenters. The first-order valence-electron chi connectivity index (χ1n) is 6.20. The summed E-state index contributed by atoms with van der Waals surface area (Å²) in [6.45, 7) is 1.84. The quantitative estimate of drug-likeness (QED) is 0.779. The van der Waals surface area contributed by atoms with Crippen LogP contribution in [0.2, 0.25) is 0 Å². The highest BCUT2D eigenvalue weighted by Gasteiger charge is 2.17. The molecule has 0 unspecified atom stereocenters. The van der Waals surface area contributed by atoms with Crippen LogP contribution >= 0.6 is 0 Å². The molecule has 2 aromatic carbocycles. The van der Waals surface area contributed by atoms with Crippen LogP contribution in [0.1, 0.15) is 5.56 Å². The number of hydrogen-bond acceptors (Lipinski definition) is 3. The molecule has 0 fully saturated rings. The van der Waals surface area contributed by atoms with Crippen molar-refractivity contribution in [2.24, 2.45) is 0 Å². The van der Waals surface area contributed by atoms with Crippen molar-refractivity contribution in [3.05, 3.63) is 47.8 Å². The van der Waals surface area contributed by atoms with Crippen molar-refractivity contribution < 1.29 is 9.13 Å². The summed E-state index contributed by atoms with van der Waals surface area (Å²) in [6, 6.07) is 10.4. The summed E-state index contributed by atoms with van der Waals surface area (Å²) in [5.41, 5.74) is 8.52. The fourth-order valence-corrected chi connectivity index (χ4v) is 2.40. The lowest BCUT2D eigenvalue weighted by molar-refractivity contribution is 0.419. The molecule has 0 aliphatic carbocycles. The van der Waals surface area contributed by atoms with E-state index in [4.69, 9.17) is 10.5 Å². The van der Waals surface area contributed by atoms with Crippen LogP contribution in [0.3, 0.4) is 0 Å². The average Bonchev–Trinajstić information content (AvgIpc) is 2.75. The van der Waals surface area contributed by atoms with Crippen molar-refractivity contribution >= 4 is 17.0 Å². The molecule has 5 heteroatoms. The molecular weight excluding hydrogens is 257 g/mol. The molecule has 1 heterocycles. The van der Waals surface area contributed by atoms with Gasteiger partial charge in [0.25, 0.3) is 0 Å². The van der Waals surface area contributed by atoms with E-state index in [1.807, 2.05) is 25.1 Å². The van der Waals surface area contributed by atoms with Gasteiger partial charge in [-0.15, -0.1) is 0 Å². The molecule has 20 heavy (non-hydrogen) atoms. The van der Waals surface area contributed by atoms with Gasteiger partial charge in [-0.2, -0.15) is 0 Å². The number of hydrogen-bond donors (Lipinski definition) is 1. The fourth-order valence-electron chi connectivity index (χ4n) is 2.40. The number of nitrogen functional groups attached to an aromatic ring is 1. The molecule has 0 radical (unpaired) electrons. The van der Waals surface area contributed by atoms with E-state index < -0.39 is 0 Å². The molecule has 0 spiro atoms. The number of rotatable bonds is 2. The highest BCUT2D eigenvalue weighted by atomic mass is 19.1. The van der Waals surface area contributed by atoms with Crippen LogP contribution in [-0.2, 0) is 0 Å². The van der Waals surface area contributed by atoms with Crippen molar-refractivity contribution in [2.45, 2.75) is 6.92 Å². The highest BCUT2D eigenvalue weighted by Crippen LogP contribution is 2.31. The molecule has 0 amide bonds. The lowest BCUT2D eigenvalue weighted by atomic mass is 10.2. The Bertz CT molecular complexity index is 775. The number of para-hydroxylation sites is 2. The van der Waals surface area contributed by atoms with E-state index in [1.165, 1.54) is 6.07 Å². The van der Waals surface area contributed by atoms with E-state index >= 15 is 0 Å². The van der Waals surface area contributed by atoms with Gasteiger partial charge in [-0.1, -0.05) is 18.2 Å². The maximum Gasteiger partial charge on any atom is 0.206 e. The number of ether oxygens (including phenoxy) is 1. The minimum absolute atomic E-state index is 0.234. The summed E-state index contributed by atoms with van der Waals surface area (Å²) in [5.74, 6) is 0.512. The van der Waals surface area contributed by atoms with Gasteiger partial charge in [0.05, 0.1) is 18.3 Å². The largest absolute Gasteiger partial charge is 0.494 e. The summed E-state index contributed by atoms with van der Waals surface area (Å²) in [6.07, 6.45) is 0. The molecule has 4 nitrogen and oxygen atoms in total. The second-order valence-corrected chi connectivity index (χ2v) is 4.54. The van der Waals surface area contributed by atoms with Crippen LogP contribution in [-0.4, -0.2) is 16.7 Å². The Balaban J connectivity index is 2.40. The van der Waals surface area contributed by atoms with Gasteiger partial charge in [0, 0.05) is 0 Å². The molecule has 102 valence electrons. The molecule has 3 rings (SSSR count). The number of imidazole rings is 1. The number of fused-ring (bicyclic) bond motifs is 1. The second kappa shape index (κ2) is 4.52. The fraction of sp³-hybridized carbons (Fsp3) is 0.133. The number of halogens is 1. The van der Waals surface area contributed by atoms with Gasteiger partial charge in [-0.3, -0.25) is 4.57 Å². The zero-order chi connectivity index (χ0) is 14.3. The predicted octanol–water partition coefficient (Wildman–Crippen LogP) is 3.06. The van der Waals surface area contributed by atoms with E-state index in [2.05, 4.69) is 4.98 Å². The third-order valence-corrected chi connectivity index (χ3v) is 3.31. The van der Waals surface area contributed by atoms with Crippen LogP contribution in [0.15, 0.2) is 36.4 Å². The van der Waals surface area contributed by atoms with Gasteiger partial charge in [0.15, 0.2) is 0 Å². The standard InChI is InChI=1S/C15H14FN3O/c1-9-5-3-6-10(16)14(9)19-11-7-4-8-12(20-2)13(11)18-15(19)17/h3-8H,1-2H3,(H2,17,18). The Morgan fingerprint density at radius 3 is 2.65 bits per heavy atom. The molecule has 0 saturated heterocycles. The summed E-state index contributed by atoms with van der Waals surface area (Å²) in [5, 5.41) is 0. The first-order valence-corrected chi connectivity index (χ1v) is 6.20. The van der Waals surface area contributed by atoms with Crippen molar-refractivity contribution in [3.8, 4) is 11.4 Å². The van der Waals surface area contributed by atoms with Gasteiger partial charge in [0.2, 0.25) is 5.95 Å². The first-order chi connectivity index (χ1) is 9.63. The van der Waals surface area contributed by atoms with Crippen LogP contribution in [0.4, 0.5) is 10.3 Å². The molecule has 0 aliphatic heterocycles. The average molecular weight is 271 g/mol. The van der Waals surface area contributed by atoms with E-state index in [1.54, 1.807) is 23.8 Å². The lowest BCUT2D eigenvalue weighted by Gasteiger charge is -2.11. The Morgan fingerprint density at radius 1 is 1.20 bits per heavy atom. The van der Waals surface area contributed by atoms with Crippen molar-refractivity contribution in [1.82, 2.24) is 9.55 Å². The third kappa shape index (κ3) is 1.71. The summed E-state index contributed by atoms with van der Waals surface area (Å²) in [7, 11) is 1.57. The van der Waals surface area contributed by atoms with E-state index in [9.17, 15) is 4.39 Å². The zero-order valence-electron chi connectivity index (χ0n) is 11.2. The molecule has 0 saturated carbocycles. The monoisotopic (exact) mass is 271 g/mol. The molecular formula is C15H14FN3O. The topological polar surface area (TPSA) is 53.1 Å². The molecule has 0 bridgehead atoms. The van der Waals surface area contributed by atoms with Crippen LogP contribution in [0, 0.1) is 12.7 Å². The van der Waals surface area contributed by atoms with Gasteiger partial charge in [-0.25, -0.2) is 9.37 Å². The normalized spacial score (nSPS) is 10.9. The SMILES string of the molecule is COc1cccc2c1nc(N)n2-c1c(C)cccc1F. The van der Waals surface area contributed by atoms with Crippen LogP contribution in [0.25, 0.3) is 16.7 Å². The number of nitrogens with zero attached hydrogens (tertiary/aromatic N) is 2. The van der Waals surface area contributed by atoms with E-state index in [-0.39, 0.29) is 11.8 Å². The molecule has 2 N–H and O–H groups in total. The smallest absolute Gasteiger partial charge is 0.206 e. The van der Waals surface area contributed by atoms with Crippen molar-refractivity contribution in [2.75, 3.05) is 12.8 Å².